The zero-order chi connectivity index (χ0) is 18.8. The molecule has 1 fully saturated rings. The normalized spacial score (nSPS) is 17.1. The van der Waals surface area contributed by atoms with Gasteiger partial charge in [0.2, 0.25) is 0 Å². The topological polar surface area (TPSA) is 76.0 Å². The van der Waals surface area contributed by atoms with Crippen molar-refractivity contribution in [3.05, 3.63) is 54.0 Å². The summed E-state index contributed by atoms with van der Waals surface area (Å²) in [5.74, 6) is 0.686. The maximum absolute atomic E-state index is 13.2. The van der Waals surface area contributed by atoms with Crippen LogP contribution in [0.2, 0.25) is 0 Å². The van der Waals surface area contributed by atoms with Crippen LogP contribution in [0.15, 0.2) is 42.6 Å². The molecule has 140 valence electrons. The van der Waals surface area contributed by atoms with Crippen LogP contribution in [0.5, 0.6) is 5.75 Å². The molecule has 0 aliphatic carbocycles. The van der Waals surface area contributed by atoms with Crippen LogP contribution in [0.4, 0.5) is 0 Å². The molecule has 4 rings (SSSR count). The van der Waals surface area contributed by atoms with Crippen molar-refractivity contribution >= 4 is 5.91 Å². The van der Waals surface area contributed by atoms with Gasteiger partial charge in [-0.15, -0.1) is 0 Å². The third kappa shape index (κ3) is 3.32. The van der Waals surface area contributed by atoms with Crippen LogP contribution in [-0.2, 0) is 7.05 Å². The summed E-state index contributed by atoms with van der Waals surface area (Å²) in [6.45, 7) is 0.725. The van der Waals surface area contributed by atoms with E-state index in [1.165, 1.54) is 0 Å². The van der Waals surface area contributed by atoms with E-state index in [0.29, 0.717) is 11.4 Å². The number of amides is 1. The lowest BCUT2D eigenvalue weighted by Crippen LogP contribution is -2.39. The van der Waals surface area contributed by atoms with Crippen molar-refractivity contribution in [2.45, 2.75) is 25.3 Å². The number of piperidine rings is 1. The second-order valence-electron chi connectivity index (χ2n) is 6.79. The maximum atomic E-state index is 13.2. The van der Waals surface area contributed by atoms with Crippen molar-refractivity contribution in [2.24, 2.45) is 7.05 Å². The van der Waals surface area contributed by atoms with Crippen LogP contribution in [0.1, 0.15) is 41.5 Å². The van der Waals surface area contributed by atoms with E-state index in [1.807, 2.05) is 48.5 Å². The summed E-state index contributed by atoms with van der Waals surface area (Å²) in [5, 5.41) is 11.8. The molecule has 3 heterocycles. The zero-order valence-corrected chi connectivity index (χ0v) is 15.6. The number of hydrogen-bond donors (Lipinski definition) is 1. The molecule has 0 saturated carbocycles. The van der Waals surface area contributed by atoms with Crippen LogP contribution < -0.4 is 4.74 Å². The van der Waals surface area contributed by atoms with Crippen molar-refractivity contribution in [3.8, 4) is 17.0 Å². The van der Waals surface area contributed by atoms with Crippen molar-refractivity contribution in [3.63, 3.8) is 0 Å². The summed E-state index contributed by atoms with van der Waals surface area (Å²) in [5.41, 5.74) is 2.98. The molecule has 27 heavy (non-hydrogen) atoms. The van der Waals surface area contributed by atoms with E-state index in [1.54, 1.807) is 17.9 Å². The minimum Gasteiger partial charge on any atom is -0.496 e. The molecule has 0 unspecified atom stereocenters. The van der Waals surface area contributed by atoms with E-state index in [9.17, 15) is 4.79 Å². The predicted octanol–water partition coefficient (Wildman–Crippen LogP) is 3.19. The largest absolute Gasteiger partial charge is 0.496 e. The van der Waals surface area contributed by atoms with Gasteiger partial charge in [-0.05, 0) is 43.5 Å². The monoisotopic (exact) mass is 365 g/mol. The molecule has 1 amide bonds. The molecule has 1 aliphatic heterocycles. The summed E-state index contributed by atoms with van der Waals surface area (Å²) in [6.07, 6.45) is 4.95. The van der Waals surface area contributed by atoms with Crippen LogP contribution in [-0.4, -0.2) is 44.4 Å². The number of carbonyl (C=O) groups excluding carboxylic acids is 1. The van der Waals surface area contributed by atoms with Gasteiger partial charge in [0.1, 0.15) is 11.4 Å². The van der Waals surface area contributed by atoms with Gasteiger partial charge in [-0.1, -0.05) is 12.1 Å². The van der Waals surface area contributed by atoms with Gasteiger partial charge in [0, 0.05) is 25.4 Å². The van der Waals surface area contributed by atoms with E-state index in [2.05, 4.69) is 15.3 Å². The summed E-state index contributed by atoms with van der Waals surface area (Å²) in [7, 11) is 3.52. The molecular formula is C20H23N5O2. The first-order valence-corrected chi connectivity index (χ1v) is 9.16. The molecule has 0 bridgehead atoms. The van der Waals surface area contributed by atoms with E-state index in [0.717, 1.165) is 42.8 Å². The van der Waals surface area contributed by atoms with Crippen molar-refractivity contribution in [1.29, 1.82) is 0 Å². The zero-order valence-electron chi connectivity index (χ0n) is 15.6. The summed E-state index contributed by atoms with van der Waals surface area (Å²) in [6, 6.07) is 11.4. The highest BCUT2D eigenvalue weighted by molar-refractivity contribution is 5.94. The number of aryl methyl sites for hydroxylation is 1. The second-order valence-corrected chi connectivity index (χ2v) is 6.79. The molecule has 3 aromatic rings. The number of para-hydroxylation sites is 1. The number of rotatable bonds is 4. The third-order valence-corrected chi connectivity index (χ3v) is 5.03. The summed E-state index contributed by atoms with van der Waals surface area (Å²) in [4.78, 5) is 15.1. The van der Waals surface area contributed by atoms with Gasteiger partial charge >= 0.3 is 0 Å². The van der Waals surface area contributed by atoms with Crippen LogP contribution in [0.3, 0.4) is 0 Å². The fourth-order valence-corrected chi connectivity index (χ4v) is 3.67. The Morgan fingerprint density at radius 3 is 2.89 bits per heavy atom. The molecule has 1 N–H and O–H groups in total. The quantitative estimate of drug-likeness (QED) is 0.770. The molecule has 0 spiro atoms. The Morgan fingerprint density at radius 1 is 1.26 bits per heavy atom. The number of carbonyl (C=O) groups is 1. The Bertz CT molecular complexity index is 945. The average Bonchev–Trinajstić information content (AvgIpc) is 3.37. The van der Waals surface area contributed by atoms with Gasteiger partial charge in [0.05, 0.1) is 24.5 Å². The number of methoxy groups -OCH3 is 1. The summed E-state index contributed by atoms with van der Waals surface area (Å²) >= 11 is 0. The number of ether oxygens (including phenoxy) is 1. The second kappa shape index (κ2) is 7.26. The van der Waals surface area contributed by atoms with Gasteiger partial charge in [0.25, 0.3) is 5.91 Å². The van der Waals surface area contributed by atoms with Crippen molar-refractivity contribution in [2.75, 3.05) is 13.7 Å². The van der Waals surface area contributed by atoms with Crippen molar-refractivity contribution in [1.82, 2.24) is 24.9 Å². The van der Waals surface area contributed by atoms with Gasteiger partial charge in [-0.3, -0.25) is 14.6 Å². The first-order valence-electron chi connectivity index (χ1n) is 9.16. The Balaban J connectivity index is 1.61. The molecule has 1 aromatic carbocycles. The summed E-state index contributed by atoms with van der Waals surface area (Å²) < 4.78 is 7.18. The van der Waals surface area contributed by atoms with E-state index < -0.39 is 0 Å². The Kier molecular flexibility index (Phi) is 4.66. The smallest absolute Gasteiger partial charge is 0.272 e. The Labute approximate surface area is 157 Å². The van der Waals surface area contributed by atoms with Gasteiger partial charge < -0.3 is 9.64 Å². The first kappa shape index (κ1) is 17.3. The lowest BCUT2D eigenvalue weighted by Gasteiger charge is -2.34. The number of aromatic nitrogens is 4. The van der Waals surface area contributed by atoms with E-state index in [-0.39, 0.29) is 11.9 Å². The number of aromatic amines is 1. The molecule has 1 saturated heterocycles. The standard InChI is InChI=1S/C20H23N5O2/c1-24-12-10-15(23-24)18-8-5-6-11-25(18)20(26)17-13-16(21-22-17)14-7-3-4-9-19(14)27-2/h3-4,7,9-10,12-13,18H,5-6,8,11H2,1-2H3,(H,21,22)/t18-/m0/s1. The lowest BCUT2D eigenvalue weighted by molar-refractivity contribution is 0.0599. The fraction of sp³-hybridized carbons (Fsp3) is 0.350. The Hall–Kier alpha value is -3.09. The molecular weight excluding hydrogens is 342 g/mol. The molecule has 7 nitrogen and oxygen atoms in total. The molecule has 2 aromatic heterocycles. The van der Waals surface area contributed by atoms with Crippen LogP contribution in [0, 0.1) is 0 Å². The first-order chi connectivity index (χ1) is 13.2. The molecule has 1 aliphatic rings. The fourth-order valence-electron chi connectivity index (χ4n) is 3.67. The number of benzene rings is 1. The highest BCUT2D eigenvalue weighted by Gasteiger charge is 2.31. The number of H-pyrrole nitrogens is 1. The van der Waals surface area contributed by atoms with Crippen LogP contribution in [0.25, 0.3) is 11.3 Å². The minimum absolute atomic E-state index is 0.00506. The number of nitrogens with one attached hydrogen (secondary N) is 1. The van der Waals surface area contributed by atoms with E-state index in [4.69, 9.17) is 4.74 Å². The molecule has 7 heteroatoms. The average molecular weight is 365 g/mol. The highest BCUT2D eigenvalue weighted by atomic mass is 16.5. The molecule has 1 atom stereocenters. The SMILES string of the molecule is COc1ccccc1-c1cc(C(=O)N2CCCC[C@H]2c2ccn(C)n2)[nH]n1. The minimum atomic E-state index is -0.0426. The third-order valence-electron chi connectivity index (χ3n) is 5.03. The Morgan fingerprint density at radius 2 is 2.11 bits per heavy atom. The van der Waals surface area contributed by atoms with Crippen molar-refractivity contribution < 1.29 is 9.53 Å². The number of likely N-dealkylation sites (tertiary alicyclic amines) is 1. The predicted molar refractivity (Wildman–Crippen MR) is 101 cm³/mol. The van der Waals surface area contributed by atoms with Gasteiger partial charge in [-0.2, -0.15) is 10.2 Å². The van der Waals surface area contributed by atoms with E-state index >= 15 is 0 Å². The van der Waals surface area contributed by atoms with Crippen LogP contribution >= 0.6 is 0 Å². The lowest BCUT2D eigenvalue weighted by atomic mass is 9.99. The number of nitrogens with zero attached hydrogens (tertiary/aromatic N) is 4. The highest BCUT2D eigenvalue weighted by Crippen LogP contribution is 2.32. The van der Waals surface area contributed by atoms with Gasteiger partial charge in [-0.25, -0.2) is 0 Å². The number of hydrogen-bond acceptors (Lipinski definition) is 4. The molecule has 0 radical (unpaired) electrons. The van der Waals surface area contributed by atoms with Gasteiger partial charge in [0.15, 0.2) is 0 Å². The maximum Gasteiger partial charge on any atom is 0.272 e.